The first kappa shape index (κ1) is 18.6. The maximum atomic E-state index is 6.02. The highest BCUT2D eigenvalue weighted by molar-refractivity contribution is 5.80. The Labute approximate surface area is 166 Å². The number of anilines is 2. The molecule has 0 spiro atoms. The Morgan fingerprint density at radius 2 is 1.93 bits per heavy atom. The third-order valence-electron chi connectivity index (χ3n) is 5.14. The molecule has 0 amide bonds. The Morgan fingerprint density at radius 3 is 2.75 bits per heavy atom. The van der Waals surface area contributed by atoms with Crippen LogP contribution in [0.15, 0.2) is 42.7 Å². The van der Waals surface area contributed by atoms with E-state index in [1.165, 1.54) is 25.9 Å². The maximum Gasteiger partial charge on any atom is 0.163 e. The van der Waals surface area contributed by atoms with Gasteiger partial charge in [0.1, 0.15) is 5.82 Å². The molecular formula is C22H28N4O2. The molecule has 1 fully saturated rings. The highest BCUT2D eigenvalue weighted by Gasteiger charge is 2.11. The van der Waals surface area contributed by atoms with Crippen molar-refractivity contribution in [2.75, 3.05) is 38.7 Å². The number of pyridine rings is 1. The van der Waals surface area contributed by atoms with Crippen molar-refractivity contribution in [1.29, 1.82) is 0 Å². The van der Waals surface area contributed by atoms with E-state index in [2.05, 4.69) is 27.5 Å². The molecule has 4 rings (SSSR count). The molecule has 0 atom stereocenters. The number of aromatic nitrogens is 2. The van der Waals surface area contributed by atoms with Gasteiger partial charge in [0.25, 0.3) is 0 Å². The fourth-order valence-corrected chi connectivity index (χ4v) is 3.71. The second kappa shape index (κ2) is 8.52. The lowest BCUT2D eigenvalue weighted by Gasteiger charge is -2.16. The summed E-state index contributed by atoms with van der Waals surface area (Å²) < 4.78 is 13.5. The van der Waals surface area contributed by atoms with E-state index in [9.17, 15) is 0 Å². The van der Waals surface area contributed by atoms with Gasteiger partial charge in [-0.15, -0.1) is 0 Å². The average molecular weight is 380 g/mol. The summed E-state index contributed by atoms with van der Waals surface area (Å²) in [5, 5.41) is 4.50. The van der Waals surface area contributed by atoms with E-state index < -0.39 is 0 Å². The number of likely N-dealkylation sites (tertiary alicyclic amines) is 1. The van der Waals surface area contributed by atoms with Crippen molar-refractivity contribution in [3.63, 3.8) is 0 Å². The molecule has 0 radical (unpaired) electrons. The summed E-state index contributed by atoms with van der Waals surface area (Å²) in [4.78, 5) is 7.18. The minimum Gasteiger partial charge on any atom is -0.493 e. The molecule has 0 aliphatic carbocycles. The largest absolute Gasteiger partial charge is 0.493 e. The van der Waals surface area contributed by atoms with Gasteiger partial charge in [-0.3, -0.25) is 0 Å². The Kier molecular flexibility index (Phi) is 5.67. The van der Waals surface area contributed by atoms with E-state index >= 15 is 0 Å². The molecule has 1 aromatic carbocycles. The number of methoxy groups -OCH3 is 1. The second-order valence-electron chi connectivity index (χ2n) is 7.34. The van der Waals surface area contributed by atoms with Gasteiger partial charge in [-0.2, -0.15) is 0 Å². The molecule has 1 N–H and O–H groups in total. The van der Waals surface area contributed by atoms with Crippen LogP contribution >= 0.6 is 0 Å². The van der Waals surface area contributed by atoms with E-state index in [1.807, 2.05) is 42.1 Å². The maximum absolute atomic E-state index is 6.02. The summed E-state index contributed by atoms with van der Waals surface area (Å²) >= 11 is 0. The smallest absolute Gasteiger partial charge is 0.163 e. The van der Waals surface area contributed by atoms with Crippen molar-refractivity contribution in [2.24, 2.45) is 7.05 Å². The summed E-state index contributed by atoms with van der Waals surface area (Å²) in [6, 6.07) is 9.95. The lowest BCUT2D eigenvalue weighted by molar-refractivity contribution is 0.254. The molecule has 1 aliphatic rings. The van der Waals surface area contributed by atoms with Gasteiger partial charge >= 0.3 is 0 Å². The van der Waals surface area contributed by atoms with Crippen LogP contribution in [0.2, 0.25) is 0 Å². The molecule has 148 valence electrons. The summed E-state index contributed by atoms with van der Waals surface area (Å²) in [7, 11) is 3.68. The number of nitrogens with one attached hydrogen (secondary N) is 1. The Hall–Kier alpha value is -2.73. The van der Waals surface area contributed by atoms with E-state index in [-0.39, 0.29) is 0 Å². The zero-order chi connectivity index (χ0) is 19.3. The molecular weight excluding hydrogens is 352 g/mol. The van der Waals surface area contributed by atoms with Crippen molar-refractivity contribution in [1.82, 2.24) is 14.5 Å². The summed E-state index contributed by atoms with van der Waals surface area (Å²) in [6.45, 7) is 4.23. The van der Waals surface area contributed by atoms with Crippen LogP contribution in [0, 0.1) is 0 Å². The topological polar surface area (TPSA) is 51.6 Å². The van der Waals surface area contributed by atoms with Crippen LogP contribution in [0.3, 0.4) is 0 Å². The number of hydrogen-bond acceptors (Lipinski definition) is 5. The summed E-state index contributed by atoms with van der Waals surface area (Å²) in [6.07, 6.45) is 7.75. The zero-order valence-electron chi connectivity index (χ0n) is 16.6. The van der Waals surface area contributed by atoms with Crippen LogP contribution in [0.5, 0.6) is 11.5 Å². The average Bonchev–Trinajstić information content (AvgIpc) is 3.33. The Balaban J connectivity index is 1.41. The van der Waals surface area contributed by atoms with Crippen LogP contribution < -0.4 is 14.8 Å². The monoisotopic (exact) mass is 380 g/mol. The van der Waals surface area contributed by atoms with Crippen LogP contribution in [0.1, 0.15) is 19.3 Å². The van der Waals surface area contributed by atoms with Crippen molar-refractivity contribution >= 4 is 22.4 Å². The predicted octanol–water partition coefficient (Wildman–Crippen LogP) is 4.19. The minimum atomic E-state index is 0.685. The van der Waals surface area contributed by atoms with Gasteiger partial charge in [-0.1, -0.05) is 0 Å². The normalized spacial score (nSPS) is 14.5. The van der Waals surface area contributed by atoms with Crippen LogP contribution in [-0.4, -0.2) is 47.8 Å². The van der Waals surface area contributed by atoms with E-state index in [0.717, 1.165) is 46.9 Å². The second-order valence-corrected chi connectivity index (χ2v) is 7.34. The van der Waals surface area contributed by atoms with Gasteiger partial charge in [0.2, 0.25) is 0 Å². The van der Waals surface area contributed by atoms with E-state index in [0.29, 0.717) is 6.61 Å². The van der Waals surface area contributed by atoms with Crippen LogP contribution in [0.25, 0.3) is 10.9 Å². The number of rotatable bonds is 8. The molecule has 3 aromatic rings. The molecule has 0 unspecified atom stereocenters. The lowest BCUT2D eigenvalue weighted by Crippen LogP contribution is -2.21. The van der Waals surface area contributed by atoms with Gasteiger partial charge in [0, 0.05) is 43.1 Å². The molecule has 6 nitrogen and oxygen atoms in total. The first-order valence-corrected chi connectivity index (χ1v) is 9.94. The molecule has 0 bridgehead atoms. The van der Waals surface area contributed by atoms with Gasteiger partial charge in [0.05, 0.1) is 19.2 Å². The van der Waals surface area contributed by atoms with E-state index in [1.54, 1.807) is 7.11 Å². The number of benzene rings is 1. The molecule has 0 saturated carbocycles. The molecule has 28 heavy (non-hydrogen) atoms. The SMILES string of the molecule is COc1ccc(Nc2ccc3cn(C)cc3n2)cc1OCCCN1CCCC1. The van der Waals surface area contributed by atoms with Gasteiger partial charge in [-0.25, -0.2) is 4.98 Å². The number of aryl methyl sites for hydroxylation is 1. The van der Waals surface area contributed by atoms with Gasteiger partial charge in [-0.05, 0) is 56.6 Å². The quantitative estimate of drug-likeness (QED) is 0.594. The first-order valence-electron chi connectivity index (χ1n) is 9.94. The van der Waals surface area contributed by atoms with Gasteiger partial charge in [0.15, 0.2) is 11.5 Å². The Bertz CT molecular complexity index is 931. The van der Waals surface area contributed by atoms with Crippen molar-refractivity contribution in [3.8, 4) is 11.5 Å². The molecule has 3 heterocycles. The van der Waals surface area contributed by atoms with Crippen LogP contribution in [-0.2, 0) is 7.05 Å². The zero-order valence-corrected chi connectivity index (χ0v) is 16.6. The standard InChI is InChI=1S/C22H28N4O2/c1-25-15-17-6-9-22(24-19(17)16-25)23-18-7-8-20(27-2)21(14-18)28-13-5-12-26-10-3-4-11-26/h6-9,14-16H,3-5,10-13H2,1-2H3,(H,23,24). The third-order valence-corrected chi connectivity index (χ3v) is 5.14. The number of hydrogen-bond donors (Lipinski definition) is 1. The first-order chi connectivity index (χ1) is 13.7. The number of nitrogens with zero attached hydrogens (tertiary/aromatic N) is 3. The molecule has 1 aliphatic heterocycles. The highest BCUT2D eigenvalue weighted by Crippen LogP contribution is 2.31. The lowest BCUT2D eigenvalue weighted by atomic mass is 10.2. The molecule has 1 saturated heterocycles. The number of fused-ring (bicyclic) bond motifs is 1. The van der Waals surface area contributed by atoms with Crippen molar-refractivity contribution in [2.45, 2.75) is 19.3 Å². The van der Waals surface area contributed by atoms with Crippen molar-refractivity contribution < 1.29 is 9.47 Å². The highest BCUT2D eigenvalue weighted by atomic mass is 16.5. The minimum absolute atomic E-state index is 0.685. The van der Waals surface area contributed by atoms with Crippen LogP contribution in [0.4, 0.5) is 11.5 Å². The van der Waals surface area contributed by atoms with Gasteiger partial charge < -0.3 is 24.3 Å². The molecule has 2 aromatic heterocycles. The number of ether oxygens (including phenoxy) is 2. The third kappa shape index (κ3) is 4.39. The van der Waals surface area contributed by atoms with Crippen molar-refractivity contribution in [3.05, 3.63) is 42.7 Å². The van der Waals surface area contributed by atoms with E-state index in [4.69, 9.17) is 9.47 Å². The predicted molar refractivity (Wildman–Crippen MR) is 113 cm³/mol. The Morgan fingerprint density at radius 1 is 1.07 bits per heavy atom. The summed E-state index contributed by atoms with van der Waals surface area (Å²) in [5.41, 5.74) is 1.90. The fraction of sp³-hybridized carbons (Fsp3) is 0.409. The summed E-state index contributed by atoms with van der Waals surface area (Å²) in [5.74, 6) is 2.32. The fourth-order valence-electron chi connectivity index (χ4n) is 3.71. The molecule has 6 heteroatoms.